The number of benzene rings is 1. The van der Waals surface area contributed by atoms with Crippen molar-refractivity contribution in [2.45, 2.75) is 30.7 Å². The average molecular weight is 448 g/mol. The van der Waals surface area contributed by atoms with Crippen LogP contribution in [0.1, 0.15) is 24.0 Å². The molecule has 1 amide bonds. The van der Waals surface area contributed by atoms with Crippen molar-refractivity contribution in [3.8, 4) is 5.88 Å². The van der Waals surface area contributed by atoms with E-state index in [1.54, 1.807) is 12.1 Å². The largest absolute Gasteiger partial charge is 0.465 e. The van der Waals surface area contributed by atoms with Crippen LogP contribution in [0.3, 0.4) is 0 Å². The van der Waals surface area contributed by atoms with Crippen molar-refractivity contribution in [3.05, 3.63) is 48.3 Å². The lowest BCUT2D eigenvalue weighted by atomic mass is 10.1. The zero-order valence-corrected chi connectivity index (χ0v) is 18.1. The number of aromatic nitrogens is 2. The fourth-order valence-electron chi connectivity index (χ4n) is 3.16. The van der Waals surface area contributed by atoms with Gasteiger partial charge in [0.1, 0.15) is 12.1 Å². The molecule has 1 fully saturated rings. The number of anilines is 1. The lowest BCUT2D eigenvalue weighted by molar-refractivity contribution is 0.133. The predicted octanol–water partition coefficient (Wildman–Crippen LogP) is 2.30. The molecule has 0 unspecified atom stereocenters. The average Bonchev–Trinajstić information content (AvgIpc) is 2.74. The molecular weight excluding hydrogens is 422 g/mol. The quantitative estimate of drug-likeness (QED) is 0.547. The van der Waals surface area contributed by atoms with Gasteiger partial charge in [0.05, 0.1) is 16.2 Å². The highest BCUT2D eigenvalue weighted by molar-refractivity contribution is 7.90. The minimum Gasteiger partial charge on any atom is -0.465 e. The van der Waals surface area contributed by atoms with Gasteiger partial charge in [0.15, 0.2) is 9.84 Å². The van der Waals surface area contributed by atoms with Gasteiger partial charge >= 0.3 is 6.09 Å². The Bertz CT molecular complexity index is 1060. The highest BCUT2D eigenvalue weighted by Gasteiger charge is 2.23. The number of hydrogen-bond donors (Lipinski definition) is 3. The molecule has 1 aromatic heterocycles. The smallest absolute Gasteiger partial charge is 0.407 e. The maximum atomic E-state index is 11.6. The molecule has 1 aliphatic heterocycles. The Labute approximate surface area is 180 Å². The number of likely N-dealkylation sites (tertiary alicyclic amines) is 1. The van der Waals surface area contributed by atoms with Gasteiger partial charge in [-0.2, -0.15) is 4.98 Å². The number of hydroxylamine groups is 1. The number of carbonyl (C=O) groups is 1. The second kappa shape index (κ2) is 9.21. The van der Waals surface area contributed by atoms with Crippen LogP contribution in [0.2, 0.25) is 0 Å². The second-order valence-corrected chi connectivity index (χ2v) is 9.34. The molecule has 0 radical (unpaired) electrons. The standard InChI is InChI=1S/C20H25N5O5S/c1-13-18(23-16-8-10-25(11-9-16)20(26)27)21-12-22-19(13)30-24-14(2)15-4-6-17(7-5-15)31(3,28)29/h4-7,12,16,24H,2,8-11H2,1,3H3,(H,26,27)(H,21,22,23). The number of amides is 1. The Morgan fingerprint density at radius 1 is 1.23 bits per heavy atom. The van der Waals surface area contributed by atoms with E-state index in [1.807, 2.05) is 6.92 Å². The van der Waals surface area contributed by atoms with Crippen molar-refractivity contribution < 1.29 is 23.2 Å². The van der Waals surface area contributed by atoms with E-state index in [4.69, 9.17) is 9.94 Å². The number of nitrogens with one attached hydrogen (secondary N) is 2. The van der Waals surface area contributed by atoms with Crippen LogP contribution in [0.4, 0.5) is 10.6 Å². The molecule has 2 heterocycles. The molecule has 0 saturated carbocycles. The van der Waals surface area contributed by atoms with Crippen molar-refractivity contribution in [2.75, 3.05) is 24.7 Å². The number of hydrogen-bond acceptors (Lipinski definition) is 8. The summed E-state index contributed by atoms with van der Waals surface area (Å²) in [5, 5.41) is 12.4. The summed E-state index contributed by atoms with van der Waals surface area (Å²) in [7, 11) is -3.27. The first-order valence-electron chi connectivity index (χ1n) is 9.63. The van der Waals surface area contributed by atoms with E-state index in [-0.39, 0.29) is 10.9 Å². The molecule has 166 valence electrons. The van der Waals surface area contributed by atoms with Gasteiger partial charge in [-0.15, -0.1) is 0 Å². The van der Waals surface area contributed by atoms with Crippen LogP contribution in [0, 0.1) is 6.92 Å². The zero-order chi connectivity index (χ0) is 22.6. The van der Waals surface area contributed by atoms with Gasteiger partial charge in [0, 0.05) is 31.0 Å². The maximum absolute atomic E-state index is 11.6. The molecule has 0 atom stereocenters. The van der Waals surface area contributed by atoms with E-state index >= 15 is 0 Å². The summed E-state index contributed by atoms with van der Waals surface area (Å²) >= 11 is 0. The number of rotatable bonds is 7. The molecule has 3 N–H and O–H groups in total. The molecule has 10 nitrogen and oxygen atoms in total. The second-order valence-electron chi connectivity index (χ2n) is 7.32. The first kappa shape index (κ1) is 22.3. The molecule has 0 spiro atoms. The van der Waals surface area contributed by atoms with Crippen molar-refractivity contribution in [1.29, 1.82) is 0 Å². The van der Waals surface area contributed by atoms with E-state index in [1.165, 1.54) is 23.4 Å². The molecule has 0 bridgehead atoms. The molecule has 1 aromatic carbocycles. The van der Waals surface area contributed by atoms with Gasteiger partial charge in [0.2, 0.25) is 0 Å². The molecular formula is C20H25N5O5S. The van der Waals surface area contributed by atoms with Crippen molar-refractivity contribution in [1.82, 2.24) is 20.3 Å². The Balaban J connectivity index is 1.60. The summed E-state index contributed by atoms with van der Waals surface area (Å²) in [6, 6.07) is 6.39. The van der Waals surface area contributed by atoms with Crippen LogP contribution >= 0.6 is 0 Å². The molecule has 2 aromatic rings. The first-order valence-corrected chi connectivity index (χ1v) is 11.5. The summed E-state index contributed by atoms with van der Waals surface area (Å²) in [6.07, 6.45) is 3.00. The lowest BCUT2D eigenvalue weighted by Gasteiger charge is -2.31. The summed E-state index contributed by atoms with van der Waals surface area (Å²) < 4.78 is 23.1. The van der Waals surface area contributed by atoms with Gasteiger partial charge in [0.25, 0.3) is 5.88 Å². The summed E-state index contributed by atoms with van der Waals surface area (Å²) in [5.74, 6) is 0.929. The summed E-state index contributed by atoms with van der Waals surface area (Å²) in [5.41, 5.74) is 4.53. The summed E-state index contributed by atoms with van der Waals surface area (Å²) in [6.45, 7) is 6.66. The van der Waals surface area contributed by atoms with Crippen LogP contribution < -0.4 is 15.6 Å². The molecule has 3 rings (SSSR count). The minimum atomic E-state index is -3.27. The minimum absolute atomic E-state index is 0.105. The number of piperidine rings is 1. The topological polar surface area (TPSA) is 134 Å². The molecule has 1 saturated heterocycles. The van der Waals surface area contributed by atoms with Gasteiger partial charge in [-0.1, -0.05) is 18.7 Å². The van der Waals surface area contributed by atoms with E-state index < -0.39 is 15.9 Å². The van der Waals surface area contributed by atoms with Crippen LogP contribution in [-0.4, -0.2) is 59.9 Å². The van der Waals surface area contributed by atoms with E-state index in [0.29, 0.717) is 54.5 Å². The van der Waals surface area contributed by atoms with Crippen LogP contribution in [-0.2, 0) is 9.84 Å². The van der Waals surface area contributed by atoms with E-state index in [2.05, 4.69) is 27.3 Å². The third-order valence-corrected chi connectivity index (χ3v) is 6.17. The fraction of sp³-hybridized carbons (Fsp3) is 0.350. The van der Waals surface area contributed by atoms with Crippen molar-refractivity contribution in [2.24, 2.45) is 0 Å². The molecule has 0 aliphatic carbocycles. The van der Waals surface area contributed by atoms with Crippen LogP contribution in [0.25, 0.3) is 5.70 Å². The lowest BCUT2D eigenvalue weighted by Crippen LogP contribution is -2.41. The monoisotopic (exact) mass is 447 g/mol. The Morgan fingerprint density at radius 2 is 1.87 bits per heavy atom. The van der Waals surface area contributed by atoms with Crippen molar-refractivity contribution in [3.63, 3.8) is 0 Å². The van der Waals surface area contributed by atoms with Crippen LogP contribution in [0.15, 0.2) is 42.1 Å². The Kier molecular flexibility index (Phi) is 6.64. The molecule has 11 heteroatoms. The number of carboxylic acid groups (broad SMARTS) is 1. The van der Waals surface area contributed by atoms with Gasteiger partial charge < -0.3 is 20.2 Å². The van der Waals surface area contributed by atoms with Gasteiger partial charge in [-0.3, -0.25) is 0 Å². The Hall–Kier alpha value is -3.34. The third kappa shape index (κ3) is 5.63. The maximum Gasteiger partial charge on any atom is 0.407 e. The van der Waals surface area contributed by atoms with E-state index in [0.717, 1.165) is 6.26 Å². The number of sulfone groups is 1. The highest BCUT2D eigenvalue weighted by atomic mass is 32.2. The van der Waals surface area contributed by atoms with Crippen molar-refractivity contribution >= 4 is 27.4 Å². The zero-order valence-electron chi connectivity index (χ0n) is 17.3. The highest BCUT2D eigenvalue weighted by Crippen LogP contribution is 2.23. The SMILES string of the molecule is C=C(NOc1ncnc(NC2CCN(C(=O)O)CC2)c1C)c1ccc(S(C)(=O)=O)cc1. The molecule has 31 heavy (non-hydrogen) atoms. The fourth-order valence-corrected chi connectivity index (χ4v) is 3.79. The summed E-state index contributed by atoms with van der Waals surface area (Å²) in [4.78, 5) is 26.6. The van der Waals surface area contributed by atoms with Crippen LogP contribution in [0.5, 0.6) is 5.88 Å². The van der Waals surface area contributed by atoms with E-state index in [9.17, 15) is 13.2 Å². The normalized spacial score (nSPS) is 14.7. The predicted molar refractivity (Wildman–Crippen MR) is 115 cm³/mol. The van der Waals surface area contributed by atoms with Gasteiger partial charge in [-0.05, 0) is 31.9 Å². The first-order chi connectivity index (χ1) is 14.6. The molecule has 1 aliphatic rings. The number of nitrogens with zero attached hydrogens (tertiary/aromatic N) is 3. The Morgan fingerprint density at radius 3 is 2.45 bits per heavy atom. The van der Waals surface area contributed by atoms with Gasteiger partial charge in [-0.25, -0.2) is 23.7 Å². The third-order valence-electron chi connectivity index (χ3n) is 5.05.